The van der Waals surface area contributed by atoms with E-state index < -0.39 is 28.3 Å². The second kappa shape index (κ2) is 8.48. The van der Waals surface area contributed by atoms with Crippen molar-refractivity contribution in [2.45, 2.75) is 0 Å². The summed E-state index contributed by atoms with van der Waals surface area (Å²) in [7, 11) is -3.89. The van der Waals surface area contributed by atoms with Gasteiger partial charge in [0, 0.05) is 5.56 Å². The molecule has 0 radical (unpaired) electrons. The lowest BCUT2D eigenvalue weighted by Gasteiger charge is -2.21. The highest BCUT2D eigenvalue weighted by Gasteiger charge is 2.23. The van der Waals surface area contributed by atoms with Gasteiger partial charge in [0.25, 0.3) is 5.91 Å². The average Bonchev–Trinajstić information content (AvgIpc) is 2.55. The van der Waals surface area contributed by atoms with Crippen LogP contribution in [-0.4, -0.2) is 33.3 Å². The SMILES string of the molecule is CS(=O)(=O)N(CC(=O)N/N=C\c1c(Cl)cccc1Cl)c1ccccc1F. The lowest BCUT2D eigenvalue weighted by Crippen LogP contribution is -2.39. The van der Waals surface area contributed by atoms with Crippen LogP contribution in [0.25, 0.3) is 0 Å². The maximum absolute atomic E-state index is 13.9. The van der Waals surface area contributed by atoms with Gasteiger partial charge < -0.3 is 0 Å². The molecule has 0 heterocycles. The molecule has 0 fully saturated rings. The van der Waals surface area contributed by atoms with Gasteiger partial charge in [0.05, 0.1) is 28.2 Å². The van der Waals surface area contributed by atoms with Crippen molar-refractivity contribution in [2.24, 2.45) is 5.10 Å². The van der Waals surface area contributed by atoms with Gasteiger partial charge in [0.2, 0.25) is 10.0 Å². The topological polar surface area (TPSA) is 78.8 Å². The van der Waals surface area contributed by atoms with Crippen LogP contribution in [0.3, 0.4) is 0 Å². The molecule has 0 bridgehead atoms. The van der Waals surface area contributed by atoms with E-state index in [1.165, 1.54) is 24.4 Å². The Labute approximate surface area is 160 Å². The minimum Gasteiger partial charge on any atom is -0.271 e. The molecule has 0 atom stereocenters. The molecule has 26 heavy (non-hydrogen) atoms. The van der Waals surface area contributed by atoms with Crippen molar-refractivity contribution in [3.05, 3.63) is 63.9 Å². The highest BCUT2D eigenvalue weighted by Crippen LogP contribution is 2.22. The first-order chi connectivity index (χ1) is 12.2. The van der Waals surface area contributed by atoms with Gasteiger partial charge in [-0.15, -0.1) is 0 Å². The van der Waals surface area contributed by atoms with Crippen LogP contribution in [-0.2, 0) is 14.8 Å². The molecule has 2 aromatic carbocycles. The fourth-order valence-electron chi connectivity index (χ4n) is 2.00. The van der Waals surface area contributed by atoms with Crippen LogP contribution in [0.15, 0.2) is 47.6 Å². The van der Waals surface area contributed by atoms with Crippen LogP contribution in [0.4, 0.5) is 10.1 Å². The molecule has 0 aliphatic rings. The first kappa shape index (κ1) is 20.2. The van der Waals surface area contributed by atoms with Crippen molar-refractivity contribution in [1.29, 1.82) is 0 Å². The van der Waals surface area contributed by atoms with Gasteiger partial charge in [-0.2, -0.15) is 5.10 Å². The summed E-state index contributed by atoms with van der Waals surface area (Å²) >= 11 is 11.9. The number of para-hydroxylation sites is 1. The van der Waals surface area contributed by atoms with Crippen molar-refractivity contribution in [3.8, 4) is 0 Å². The van der Waals surface area contributed by atoms with E-state index >= 15 is 0 Å². The maximum atomic E-state index is 13.9. The maximum Gasteiger partial charge on any atom is 0.260 e. The molecule has 1 amide bonds. The van der Waals surface area contributed by atoms with Crippen molar-refractivity contribution in [1.82, 2.24) is 5.43 Å². The summed E-state index contributed by atoms with van der Waals surface area (Å²) in [5.41, 5.74) is 2.32. The zero-order chi connectivity index (χ0) is 19.3. The first-order valence-corrected chi connectivity index (χ1v) is 9.78. The number of hydrogen-bond donors (Lipinski definition) is 1. The quantitative estimate of drug-likeness (QED) is 0.579. The molecule has 0 aliphatic heterocycles. The Morgan fingerprint density at radius 2 is 1.81 bits per heavy atom. The molecule has 6 nitrogen and oxygen atoms in total. The molecule has 1 N–H and O–H groups in total. The highest BCUT2D eigenvalue weighted by molar-refractivity contribution is 7.92. The summed E-state index contributed by atoms with van der Waals surface area (Å²) in [4.78, 5) is 12.0. The number of amides is 1. The van der Waals surface area contributed by atoms with E-state index in [1.807, 2.05) is 0 Å². The number of hydrogen-bond acceptors (Lipinski definition) is 4. The average molecular weight is 418 g/mol. The molecule has 0 saturated carbocycles. The number of nitrogens with zero attached hydrogens (tertiary/aromatic N) is 2. The van der Waals surface area contributed by atoms with Gasteiger partial charge in [-0.1, -0.05) is 41.4 Å². The molecule has 0 spiro atoms. The van der Waals surface area contributed by atoms with Gasteiger partial charge >= 0.3 is 0 Å². The predicted molar refractivity (Wildman–Crippen MR) is 101 cm³/mol. The number of carbonyl (C=O) groups excluding carboxylic acids is 1. The van der Waals surface area contributed by atoms with Crippen molar-refractivity contribution in [3.63, 3.8) is 0 Å². The summed E-state index contributed by atoms with van der Waals surface area (Å²) in [6.45, 7) is -0.645. The lowest BCUT2D eigenvalue weighted by atomic mass is 10.2. The Morgan fingerprint density at radius 1 is 1.19 bits per heavy atom. The minimum atomic E-state index is -3.89. The molecule has 0 unspecified atom stereocenters. The number of benzene rings is 2. The Balaban J connectivity index is 2.14. The van der Waals surface area contributed by atoms with Crippen LogP contribution in [0, 0.1) is 5.82 Å². The standard InChI is InChI=1S/C16H14Cl2FN3O3S/c1-26(24,25)22(15-8-3-2-7-14(15)19)10-16(23)21-20-9-11-12(17)5-4-6-13(11)18/h2-9H,10H2,1H3,(H,21,23)/b20-9-. The van der Waals surface area contributed by atoms with E-state index in [2.05, 4.69) is 10.5 Å². The van der Waals surface area contributed by atoms with E-state index in [9.17, 15) is 17.6 Å². The number of sulfonamides is 1. The van der Waals surface area contributed by atoms with Gasteiger partial charge in [-0.05, 0) is 24.3 Å². The van der Waals surface area contributed by atoms with Crippen LogP contribution < -0.4 is 9.73 Å². The summed E-state index contributed by atoms with van der Waals surface area (Å²) in [6.07, 6.45) is 2.11. The molecule has 138 valence electrons. The Hall–Kier alpha value is -2.16. The fraction of sp³-hybridized carbons (Fsp3) is 0.125. The Morgan fingerprint density at radius 3 is 2.38 bits per heavy atom. The smallest absolute Gasteiger partial charge is 0.260 e. The minimum absolute atomic E-state index is 0.233. The summed E-state index contributed by atoms with van der Waals surface area (Å²) in [5.74, 6) is -1.53. The predicted octanol–water partition coefficient (Wildman–Crippen LogP) is 3.05. The van der Waals surface area contributed by atoms with Crippen LogP contribution >= 0.6 is 23.2 Å². The third-order valence-corrected chi connectivity index (χ3v) is 4.98. The van der Waals surface area contributed by atoms with Crippen molar-refractivity contribution in [2.75, 3.05) is 17.1 Å². The van der Waals surface area contributed by atoms with Gasteiger partial charge in [0.1, 0.15) is 12.4 Å². The van der Waals surface area contributed by atoms with Crippen molar-refractivity contribution < 1.29 is 17.6 Å². The number of carbonyl (C=O) groups is 1. The summed E-state index contributed by atoms with van der Waals surface area (Å²) in [5, 5.41) is 4.37. The van der Waals surface area contributed by atoms with Gasteiger partial charge in [-0.25, -0.2) is 18.2 Å². The third kappa shape index (κ3) is 5.17. The third-order valence-electron chi connectivity index (χ3n) is 3.19. The molecule has 0 saturated heterocycles. The fourth-order valence-corrected chi connectivity index (χ4v) is 3.36. The van der Waals surface area contributed by atoms with Crippen LogP contribution in [0.1, 0.15) is 5.56 Å². The van der Waals surface area contributed by atoms with E-state index in [0.29, 0.717) is 19.9 Å². The Bertz CT molecular complexity index is 931. The summed E-state index contributed by atoms with van der Waals surface area (Å²) in [6, 6.07) is 10.1. The number of hydrazone groups is 1. The lowest BCUT2D eigenvalue weighted by molar-refractivity contribution is -0.119. The largest absolute Gasteiger partial charge is 0.271 e. The van der Waals surface area contributed by atoms with Gasteiger partial charge in [0.15, 0.2) is 0 Å². The number of rotatable bonds is 6. The van der Waals surface area contributed by atoms with E-state index in [0.717, 1.165) is 12.3 Å². The van der Waals surface area contributed by atoms with Crippen molar-refractivity contribution >= 4 is 51.0 Å². The zero-order valence-electron chi connectivity index (χ0n) is 13.5. The van der Waals surface area contributed by atoms with E-state index in [4.69, 9.17) is 23.2 Å². The monoisotopic (exact) mass is 417 g/mol. The molecule has 10 heteroatoms. The molecular formula is C16H14Cl2FN3O3S. The van der Waals surface area contributed by atoms with E-state index in [1.54, 1.807) is 18.2 Å². The Kier molecular flexibility index (Phi) is 6.57. The molecule has 0 aromatic heterocycles. The second-order valence-corrected chi connectivity index (χ2v) is 7.87. The zero-order valence-corrected chi connectivity index (χ0v) is 15.8. The molecule has 2 aromatic rings. The van der Waals surface area contributed by atoms with Crippen LogP contribution in [0.2, 0.25) is 10.0 Å². The number of nitrogens with one attached hydrogen (secondary N) is 1. The van der Waals surface area contributed by atoms with E-state index in [-0.39, 0.29) is 5.69 Å². The number of anilines is 1. The first-order valence-electron chi connectivity index (χ1n) is 7.18. The molecular weight excluding hydrogens is 404 g/mol. The molecule has 0 aliphatic carbocycles. The van der Waals surface area contributed by atoms with Crippen LogP contribution in [0.5, 0.6) is 0 Å². The summed E-state index contributed by atoms with van der Waals surface area (Å²) < 4.78 is 38.4. The second-order valence-electron chi connectivity index (χ2n) is 5.15. The number of halogens is 3. The molecule has 2 rings (SSSR count). The van der Waals surface area contributed by atoms with Gasteiger partial charge in [-0.3, -0.25) is 9.10 Å². The highest BCUT2D eigenvalue weighted by atomic mass is 35.5. The normalized spacial score (nSPS) is 11.5.